The molecule has 0 aliphatic carbocycles. The van der Waals surface area contributed by atoms with Gasteiger partial charge in [0.15, 0.2) is 0 Å². The van der Waals surface area contributed by atoms with Gasteiger partial charge in [-0.3, -0.25) is 9.59 Å². The van der Waals surface area contributed by atoms with Crippen molar-refractivity contribution in [1.82, 2.24) is 9.97 Å². The van der Waals surface area contributed by atoms with Crippen molar-refractivity contribution in [3.63, 3.8) is 0 Å². The van der Waals surface area contributed by atoms with E-state index in [-0.39, 0.29) is 29.8 Å². The van der Waals surface area contributed by atoms with Crippen LogP contribution in [0.2, 0.25) is 0 Å². The second kappa shape index (κ2) is 6.57. The number of benzene rings is 2. The van der Waals surface area contributed by atoms with Crippen LogP contribution >= 0.6 is 0 Å². The minimum atomic E-state index is -0.730. The first kappa shape index (κ1) is 15.8. The molecule has 0 saturated carbocycles. The molecule has 0 unspecified atom stereocenters. The van der Waals surface area contributed by atoms with Crippen molar-refractivity contribution in [2.75, 3.05) is 5.32 Å². The van der Waals surface area contributed by atoms with Crippen LogP contribution in [0.25, 0.3) is 11.0 Å². The minimum absolute atomic E-state index is 0.0790. The molecule has 0 bridgehead atoms. The molecule has 122 valence electrons. The minimum Gasteiger partial charge on any atom is -0.324 e. The van der Waals surface area contributed by atoms with Gasteiger partial charge in [0.2, 0.25) is 5.91 Å². The van der Waals surface area contributed by atoms with Gasteiger partial charge in [-0.15, -0.1) is 0 Å². The highest BCUT2D eigenvalue weighted by Gasteiger charge is 2.11. The number of anilines is 1. The van der Waals surface area contributed by atoms with Gasteiger partial charge in [0.25, 0.3) is 5.56 Å². The number of nitrogens with zero attached hydrogens (tertiary/aromatic N) is 1. The van der Waals surface area contributed by atoms with E-state index in [0.29, 0.717) is 11.0 Å². The maximum absolute atomic E-state index is 13.5. The normalized spacial score (nSPS) is 10.8. The second-order valence-electron chi connectivity index (χ2n) is 5.20. The lowest BCUT2D eigenvalue weighted by Crippen LogP contribution is -2.19. The van der Waals surface area contributed by atoms with Crippen LogP contribution in [0.3, 0.4) is 0 Å². The lowest BCUT2D eigenvalue weighted by Gasteiger charge is -2.06. The Morgan fingerprint density at radius 3 is 2.79 bits per heavy atom. The zero-order chi connectivity index (χ0) is 17.1. The predicted molar refractivity (Wildman–Crippen MR) is 85.7 cm³/mol. The van der Waals surface area contributed by atoms with E-state index in [1.165, 1.54) is 0 Å². The van der Waals surface area contributed by atoms with E-state index in [1.807, 2.05) is 0 Å². The summed E-state index contributed by atoms with van der Waals surface area (Å²) >= 11 is 0. The topological polar surface area (TPSA) is 74.8 Å². The van der Waals surface area contributed by atoms with Gasteiger partial charge >= 0.3 is 0 Å². The van der Waals surface area contributed by atoms with Crippen molar-refractivity contribution in [3.05, 3.63) is 70.1 Å². The van der Waals surface area contributed by atoms with Crippen molar-refractivity contribution in [3.8, 4) is 0 Å². The summed E-state index contributed by atoms with van der Waals surface area (Å²) in [5.41, 5.74) is 0.823. The van der Waals surface area contributed by atoms with Crippen molar-refractivity contribution in [2.24, 2.45) is 0 Å². The summed E-state index contributed by atoms with van der Waals surface area (Å²) in [7, 11) is 0. The van der Waals surface area contributed by atoms with Crippen molar-refractivity contribution in [1.29, 1.82) is 0 Å². The molecule has 1 heterocycles. The highest BCUT2D eigenvalue weighted by Crippen LogP contribution is 2.15. The molecule has 7 heteroatoms. The standard InChI is InChI=1S/C17H13F2N3O2/c18-10-5-6-11(19)15(9-10)21-16(23)8-7-14-17(24)22-13-4-2-1-3-12(13)20-14/h1-6,9H,7-8H2,(H,21,23)(H,22,24). The number of fused-ring (bicyclic) bond motifs is 1. The summed E-state index contributed by atoms with van der Waals surface area (Å²) in [5, 5.41) is 2.28. The first-order chi connectivity index (χ1) is 11.5. The third kappa shape index (κ3) is 3.45. The number of halogens is 2. The quantitative estimate of drug-likeness (QED) is 0.773. The zero-order valence-electron chi connectivity index (χ0n) is 12.5. The average molecular weight is 329 g/mol. The Morgan fingerprint density at radius 2 is 1.96 bits per heavy atom. The van der Waals surface area contributed by atoms with Gasteiger partial charge in [-0.25, -0.2) is 13.8 Å². The Hall–Kier alpha value is -3.09. The fraction of sp³-hybridized carbons (Fsp3) is 0.118. The SMILES string of the molecule is O=C(CCc1nc2ccccc2[nH]c1=O)Nc1cc(F)ccc1F. The maximum Gasteiger partial charge on any atom is 0.270 e. The smallest absolute Gasteiger partial charge is 0.270 e. The predicted octanol–water partition coefficient (Wildman–Crippen LogP) is 2.77. The number of aromatic amines is 1. The van der Waals surface area contributed by atoms with Crippen molar-refractivity contribution >= 4 is 22.6 Å². The molecule has 24 heavy (non-hydrogen) atoms. The molecule has 2 N–H and O–H groups in total. The fourth-order valence-corrected chi connectivity index (χ4v) is 2.27. The number of carbonyl (C=O) groups is 1. The van der Waals surface area contributed by atoms with Gasteiger partial charge in [-0.2, -0.15) is 0 Å². The molecule has 0 saturated heterocycles. The van der Waals surface area contributed by atoms with Crippen LogP contribution in [-0.2, 0) is 11.2 Å². The molecular formula is C17H13F2N3O2. The van der Waals surface area contributed by atoms with Crippen LogP contribution in [0.5, 0.6) is 0 Å². The summed E-state index contributed by atoms with van der Waals surface area (Å²) in [6.07, 6.45) is 0.00725. The van der Waals surface area contributed by atoms with E-state index in [2.05, 4.69) is 15.3 Å². The molecule has 0 atom stereocenters. The molecule has 0 fully saturated rings. The number of hydrogen-bond donors (Lipinski definition) is 2. The van der Waals surface area contributed by atoms with Gasteiger partial charge in [0.05, 0.1) is 16.7 Å². The second-order valence-corrected chi connectivity index (χ2v) is 5.20. The van der Waals surface area contributed by atoms with E-state index in [9.17, 15) is 18.4 Å². The van der Waals surface area contributed by atoms with Crippen LogP contribution < -0.4 is 10.9 Å². The molecule has 3 rings (SSSR count). The Balaban J connectivity index is 1.71. The maximum atomic E-state index is 13.5. The zero-order valence-corrected chi connectivity index (χ0v) is 12.5. The number of amides is 1. The fourth-order valence-electron chi connectivity index (χ4n) is 2.27. The highest BCUT2D eigenvalue weighted by atomic mass is 19.1. The molecule has 0 aliphatic heterocycles. The van der Waals surface area contributed by atoms with Crippen LogP contribution in [-0.4, -0.2) is 15.9 Å². The molecule has 0 spiro atoms. The van der Waals surface area contributed by atoms with E-state index < -0.39 is 17.5 Å². The molecule has 5 nitrogen and oxygen atoms in total. The average Bonchev–Trinajstić information content (AvgIpc) is 2.56. The first-order valence-electron chi connectivity index (χ1n) is 7.26. The number of aromatic nitrogens is 2. The van der Waals surface area contributed by atoms with Gasteiger partial charge in [0, 0.05) is 18.9 Å². The monoisotopic (exact) mass is 329 g/mol. The third-order valence-corrected chi connectivity index (χ3v) is 3.46. The Bertz CT molecular complexity index is 969. The van der Waals surface area contributed by atoms with E-state index >= 15 is 0 Å². The summed E-state index contributed by atoms with van der Waals surface area (Å²) < 4.78 is 26.6. The summed E-state index contributed by atoms with van der Waals surface area (Å²) in [6, 6.07) is 9.83. The number of rotatable bonds is 4. The van der Waals surface area contributed by atoms with E-state index in [4.69, 9.17) is 0 Å². The third-order valence-electron chi connectivity index (χ3n) is 3.46. The number of carbonyl (C=O) groups excluding carboxylic acids is 1. The van der Waals surface area contributed by atoms with Crippen LogP contribution in [0, 0.1) is 11.6 Å². The van der Waals surface area contributed by atoms with Crippen LogP contribution in [0.15, 0.2) is 47.3 Å². The number of H-pyrrole nitrogens is 1. The largest absolute Gasteiger partial charge is 0.324 e. The number of para-hydroxylation sites is 2. The van der Waals surface area contributed by atoms with E-state index in [1.54, 1.807) is 24.3 Å². The number of hydrogen-bond acceptors (Lipinski definition) is 3. The van der Waals surface area contributed by atoms with Crippen LogP contribution in [0.1, 0.15) is 12.1 Å². The summed E-state index contributed by atoms with van der Waals surface area (Å²) in [6.45, 7) is 0. The van der Waals surface area contributed by atoms with Gasteiger partial charge in [-0.1, -0.05) is 12.1 Å². The Morgan fingerprint density at radius 1 is 1.17 bits per heavy atom. The summed E-state index contributed by atoms with van der Waals surface area (Å²) in [4.78, 5) is 30.7. The van der Waals surface area contributed by atoms with Gasteiger partial charge in [0.1, 0.15) is 17.3 Å². The van der Waals surface area contributed by atoms with Gasteiger partial charge in [-0.05, 0) is 24.3 Å². The molecule has 0 radical (unpaired) electrons. The molecule has 0 aliphatic rings. The molecule has 3 aromatic rings. The van der Waals surface area contributed by atoms with Crippen LogP contribution in [0.4, 0.5) is 14.5 Å². The van der Waals surface area contributed by atoms with E-state index in [0.717, 1.165) is 18.2 Å². The number of nitrogens with one attached hydrogen (secondary N) is 2. The highest BCUT2D eigenvalue weighted by molar-refractivity contribution is 5.90. The summed E-state index contributed by atoms with van der Waals surface area (Å²) in [5.74, 6) is -1.92. The van der Waals surface area contributed by atoms with Crippen molar-refractivity contribution < 1.29 is 13.6 Å². The van der Waals surface area contributed by atoms with Gasteiger partial charge < -0.3 is 10.3 Å². The molecule has 1 aromatic heterocycles. The first-order valence-corrected chi connectivity index (χ1v) is 7.26. The van der Waals surface area contributed by atoms with Crippen molar-refractivity contribution in [2.45, 2.75) is 12.8 Å². The molecule has 2 aromatic carbocycles. The number of aryl methyl sites for hydroxylation is 1. The lowest BCUT2D eigenvalue weighted by molar-refractivity contribution is -0.116. The lowest BCUT2D eigenvalue weighted by atomic mass is 10.2. The molecule has 1 amide bonds. The molecular weight excluding hydrogens is 316 g/mol. The Kier molecular flexibility index (Phi) is 4.33. The Labute approximate surface area is 135 Å².